The van der Waals surface area contributed by atoms with E-state index in [2.05, 4.69) is 5.32 Å². The van der Waals surface area contributed by atoms with E-state index in [-0.39, 0.29) is 29.9 Å². The maximum Gasteiger partial charge on any atom is 0.416 e. The summed E-state index contributed by atoms with van der Waals surface area (Å²) in [5, 5.41) is 2.92. The van der Waals surface area contributed by atoms with Gasteiger partial charge in [-0.05, 0) is 69.7 Å². The van der Waals surface area contributed by atoms with E-state index >= 15 is 0 Å². The molecule has 0 heterocycles. The van der Waals surface area contributed by atoms with Gasteiger partial charge in [-0.1, -0.05) is 13.3 Å². The van der Waals surface area contributed by atoms with Crippen molar-refractivity contribution in [2.75, 3.05) is 0 Å². The van der Waals surface area contributed by atoms with Crippen LogP contribution in [-0.2, 0) is 22.1 Å². The zero-order valence-electron chi connectivity index (χ0n) is 16.8. The summed E-state index contributed by atoms with van der Waals surface area (Å²) in [5.41, 5.74) is -0.720. The molecule has 0 aliphatic heterocycles. The summed E-state index contributed by atoms with van der Waals surface area (Å²) in [7, 11) is 0. The molecule has 0 spiro atoms. The molecule has 1 saturated carbocycles. The second-order valence-electron chi connectivity index (χ2n) is 8.28. The molecule has 1 aliphatic rings. The summed E-state index contributed by atoms with van der Waals surface area (Å²) in [6.07, 6.45) is -1.48. The van der Waals surface area contributed by atoms with E-state index in [9.17, 15) is 22.8 Å². The highest BCUT2D eigenvalue weighted by Gasteiger charge is 2.34. The minimum atomic E-state index is -4.44. The van der Waals surface area contributed by atoms with E-state index in [0.29, 0.717) is 12.0 Å². The number of hydrogen-bond acceptors (Lipinski definition) is 3. The smallest absolute Gasteiger partial charge is 0.416 e. The molecule has 1 amide bonds. The number of carbonyl (C=O) groups excluding carboxylic acids is 2. The minimum Gasteiger partial charge on any atom is -0.460 e. The quantitative estimate of drug-likeness (QED) is 0.717. The molecule has 1 aromatic rings. The molecule has 1 aromatic carbocycles. The number of amides is 1. The second kappa shape index (κ2) is 8.53. The van der Waals surface area contributed by atoms with Crippen LogP contribution in [0, 0.1) is 5.92 Å². The van der Waals surface area contributed by atoms with Crippen LogP contribution in [0.2, 0.25) is 0 Å². The zero-order valence-corrected chi connectivity index (χ0v) is 16.8. The van der Waals surface area contributed by atoms with Crippen LogP contribution < -0.4 is 5.32 Å². The van der Waals surface area contributed by atoms with Gasteiger partial charge in [-0.15, -0.1) is 0 Å². The average Bonchev–Trinajstić information content (AvgIpc) is 2.98. The summed E-state index contributed by atoms with van der Waals surface area (Å²) < 4.78 is 44.1. The number of rotatable bonds is 5. The molecular weight excluding hydrogens is 371 g/mol. The normalized spacial score (nSPS) is 20.1. The number of aryl methyl sites for hydroxylation is 1. The summed E-state index contributed by atoms with van der Waals surface area (Å²) in [6, 6.07) is 3.00. The Labute approximate surface area is 163 Å². The van der Waals surface area contributed by atoms with Gasteiger partial charge in [0.15, 0.2) is 0 Å². The molecule has 2 rings (SSSR count). The molecule has 4 nitrogen and oxygen atoms in total. The Bertz CT molecular complexity index is 723. The van der Waals surface area contributed by atoms with Gasteiger partial charge in [-0.2, -0.15) is 13.2 Å². The van der Waals surface area contributed by atoms with Crippen molar-refractivity contribution in [2.24, 2.45) is 5.92 Å². The molecule has 0 bridgehead atoms. The fourth-order valence-electron chi connectivity index (χ4n) is 3.60. The van der Waals surface area contributed by atoms with Gasteiger partial charge in [0.2, 0.25) is 0 Å². The summed E-state index contributed by atoms with van der Waals surface area (Å²) in [4.78, 5) is 24.8. The van der Waals surface area contributed by atoms with E-state index in [4.69, 9.17) is 4.74 Å². The molecule has 0 saturated heterocycles. The van der Waals surface area contributed by atoms with Crippen LogP contribution in [0.5, 0.6) is 0 Å². The lowest BCUT2D eigenvalue weighted by molar-refractivity contribution is -0.156. The standard InChI is InChI=1S/C21H28F3NO3/c1-5-13-11-15(21(22,23)24)9-10-16(13)19(27)25-17-8-6-7-14(17)12-18(26)28-20(2,3)4/h9-11,14,17H,5-8,12H2,1-4H3,(H,25,27)/t14-,17-/m0/s1. The maximum absolute atomic E-state index is 12.9. The van der Waals surface area contributed by atoms with E-state index in [1.807, 2.05) is 0 Å². The van der Waals surface area contributed by atoms with Crippen LogP contribution >= 0.6 is 0 Å². The summed E-state index contributed by atoms with van der Waals surface area (Å²) >= 11 is 0. The Morgan fingerprint density at radius 3 is 2.43 bits per heavy atom. The van der Waals surface area contributed by atoms with Crippen molar-refractivity contribution >= 4 is 11.9 Å². The molecule has 1 fully saturated rings. The number of alkyl halides is 3. The monoisotopic (exact) mass is 399 g/mol. The number of nitrogens with one attached hydrogen (secondary N) is 1. The maximum atomic E-state index is 12.9. The zero-order chi connectivity index (χ0) is 21.1. The fraction of sp³-hybridized carbons (Fsp3) is 0.619. The van der Waals surface area contributed by atoms with Crippen LogP contribution in [0.4, 0.5) is 13.2 Å². The number of benzene rings is 1. The van der Waals surface area contributed by atoms with Crippen molar-refractivity contribution in [1.29, 1.82) is 0 Å². The van der Waals surface area contributed by atoms with Crippen molar-refractivity contribution in [3.63, 3.8) is 0 Å². The second-order valence-corrected chi connectivity index (χ2v) is 8.28. The number of esters is 1. The van der Waals surface area contributed by atoms with Crippen molar-refractivity contribution in [1.82, 2.24) is 5.32 Å². The van der Waals surface area contributed by atoms with Gasteiger partial charge in [-0.25, -0.2) is 0 Å². The fourth-order valence-corrected chi connectivity index (χ4v) is 3.60. The first kappa shape index (κ1) is 22.2. The molecule has 0 radical (unpaired) electrons. The minimum absolute atomic E-state index is 0.0293. The van der Waals surface area contributed by atoms with Crippen molar-refractivity contribution in [2.45, 2.75) is 77.6 Å². The summed E-state index contributed by atoms with van der Waals surface area (Å²) in [6.45, 7) is 7.12. The van der Waals surface area contributed by atoms with Crippen LogP contribution in [0.3, 0.4) is 0 Å². The number of ether oxygens (including phenoxy) is 1. The van der Waals surface area contributed by atoms with Gasteiger partial charge in [0.05, 0.1) is 12.0 Å². The van der Waals surface area contributed by atoms with Gasteiger partial charge in [-0.3, -0.25) is 9.59 Å². The Morgan fingerprint density at radius 2 is 1.86 bits per heavy atom. The lowest BCUT2D eigenvalue weighted by Crippen LogP contribution is -2.39. The molecule has 156 valence electrons. The predicted molar refractivity (Wildman–Crippen MR) is 99.9 cm³/mol. The van der Waals surface area contributed by atoms with Crippen molar-refractivity contribution in [3.8, 4) is 0 Å². The third-order valence-electron chi connectivity index (χ3n) is 4.88. The Morgan fingerprint density at radius 1 is 1.18 bits per heavy atom. The predicted octanol–water partition coefficient (Wildman–Crippen LogP) is 4.90. The van der Waals surface area contributed by atoms with Gasteiger partial charge in [0, 0.05) is 11.6 Å². The van der Waals surface area contributed by atoms with E-state index in [0.717, 1.165) is 31.4 Å². The summed E-state index contributed by atoms with van der Waals surface area (Å²) in [5.74, 6) is -0.729. The average molecular weight is 399 g/mol. The molecular formula is C21H28F3NO3. The first-order chi connectivity index (χ1) is 12.9. The SMILES string of the molecule is CCc1cc(C(F)(F)F)ccc1C(=O)N[C@H]1CCC[C@H]1CC(=O)OC(C)(C)C. The van der Waals surface area contributed by atoms with Gasteiger partial charge in [0.1, 0.15) is 5.60 Å². The highest BCUT2D eigenvalue weighted by Crippen LogP contribution is 2.32. The number of hydrogen-bond donors (Lipinski definition) is 1. The third-order valence-corrected chi connectivity index (χ3v) is 4.88. The Hall–Kier alpha value is -2.05. The highest BCUT2D eigenvalue weighted by atomic mass is 19.4. The molecule has 7 heteroatoms. The first-order valence-corrected chi connectivity index (χ1v) is 9.63. The number of halogens is 3. The lowest BCUT2D eigenvalue weighted by Gasteiger charge is -2.24. The van der Waals surface area contributed by atoms with Crippen LogP contribution in [-0.4, -0.2) is 23.5 Å². The number of carbonyl (C=O) groups is 2. The van der Waals surface area contributed by atoms with Crippen LogP contribution in [0.25, 0.3) is 0 Å². The Kier molecular flexibility index (Phi) is 6.78. The molecule has 2 atom stereocenters. The van der Waals surface area contributed by atoms with E-state index in [1.165, 1.54) is 6.07 Å². The van der Waals surface area contributed by atoms with Crippen LogP contribution in [0.1, 0.15) is 74.9 Å². The molecule has 0 unspecified atom stereocenters. The lowest BCUT2D eigenvalue weighted by atomic mass is 9.97. The largest absolute Gasteiger partial charge is 0.460 e. The van der Waals surface area contributed by atoms with Crippen LogP contribution in [0.15, 0.2) is 18.2 Å². The molecule has 1 N–H and O–H groups in total. The van der Waals surface area contributed by atoms with E-state index < -0.39 is 23.2 Å². The first-order valence-electron chi connectivity index (χ1n) is 9.63. The van der Waals surface area contributed by atoms with Gasteiger partial charge >= 0.3 is 12.1 Å². The van der Waals surface area contributed by atoms with Gasteiger partial charge in [0.25, 0.3) is 5.91 Å². The Balaban J connectivity index is 2.08. The van der Waals surface area contributed by atoms with Gasteiger partial charge < -0.3 is 10.1 Å². The molecule has 28 heavy (non-hydrogen) atoms. The highest BCUT2D eigenvalue weighted by molar-refractivity contribution is 5.96. The van der Waals surface area contributed by atoms with E-state index in [1.54, 1.807) is 27.7 Å². The third kappa shape index (κ3) is 5.97. The van der Waals surface area contributed by atoms with Crippen molar-refractivity contribution < 1.29 is 27.5 Å². The topological polar surface area (TPSA) is 55.4 Å². The molecule has 1 aliphatic carbocycles. The molecule has 0 aromatic heterocycles. The van der Waals surface area contributed by atoms with Crippen molar-refractivity contribution in [3.05, 3.63) is 34.9 Å².